The zero-order valence-electron chi connectivity index (χ0n) is 11.8. The molecule has 0 aliphatic heterocycles. The van der Waals surface area contributed by atoms with Crippen LogP contribution >= 0.6 is 0 Å². The highest BCUT2D eigenvalue weighted by molar-refractivity contribution is 7.89. The maximum Gasteiger partial charge on any atom is 0.244 e. The fourth-order valence-corrected chi connectivity index (χ4v) is 2.77. The van der Waals surface area contributed by atoms with Crippen molar-refractivity contribution in [3.63, 3.8) is 0 Å². The van der Waals surface area contributed by atoms with Gasteiger partial charge in [0.2, 0.25) is 10.0 Å². The Hall–Kier alpha value is -1.53. The van der Waals surface area contributed by atoms with Crippen LogP contribution in [-0.2, 0) is 10.0 Å². The van der Waals surface area contributed by atoms with E-state index in [-0.39, 0.29) is 18.7 Å². The summed E-state index contributed by atoms with van der Waals surface area (Å²) in [6.07, 6.45) is 0. The average molecular weight is 317 g/mol. The second-order valence-electron chi connectivity index (χ2n) is 4.47. The molecular weight excluding hydrogens is 300 g/mol. The molecule has 0 fully saturated rings. The Labute approximate surface area is 123 Å². The van der Waals surface area contributed by atoms with Crippen LogP contribution in [-0.4, -0.2) is 47.0 Å². The fourth-order valence-electron chi connectivity index (χ4n) is 1.55. The Kier molecular flexibility index (Phi) is 6.23. The lowest BCUT2D eigenvalue weighted by Crippen LogP contribution is -2.32. The summed E-state index contributed by atoms with van der Waals surface area (Å²) in [5, 5.41) is 0. The molecule has 0 bridgehead atoms. The normalized spacial score (nSPS) is 11.3. The molecule has 1 aromatic rings. The van der Waals surface area contributed by atoms with Crippen molar-refractivity contribution in [2.45, 2.75) is 4.90 Å². The molecule has 0 aliphatic rings. The molecule has 0 spiro atoms. The molecule has 21 heavy (non-hydrogen) atoms. The molecule has 0 atom stereocenters. The molecule has 0 amide bonds. The summed E-state index contributed by atoms with van der Waals surface area (Å²) < 4.78 is 53.6. The second kappa shape index (κ2) is 7.47. The first-order chi connectivity index (χ1) is 9.77. The average Bonchev–Trinajstić information content (AvgIpc) is 2.34. The number of halogens is 2. The first-order valence-electron chi connectivity index (χ1n) is 6.10. The summed E-state index contributed by atoms with van der Waals surface area (Å²) in [6, 6.07) is 1.38. The lowest BCUT2D eigenvalue weighted by atomic mass is 10.2. The molecule has 116 valence electrons. The number of likely N-dealkylation sites (N-methyl/N-ethyl adjacent to an activating group) is 1. The van der Waals surface area contributed by atoms with Gasteiger partial charge in [0.15, 0.2) is 0 Å². The van der Waals surface area contributed by atoms with Gasteiger partial charge in [0.1, 0.15) is 16.5 Å². The first-order valence-corrected chi connectivity index (χ1v) is 7.58. The zero-order chi connectivity index (χ0) is 16.0. The Morgan fingerprint density at radius 3 is 2.57 bits per heavy atom. The van der Waals surface area contributed by atoms with Crippen molar-refractivity contribution in [2.24, 2.45) is 5.73 Å². The first kappa shape index (κ1) is 17.5. The van der Waals surface area contributed by atoms with Crippen LogP contribution in [0.5, 0.6) is 0 Å². The number of sulfonamides is 1. The van der Waals surface area contributed by atoms with Gasteiger partial charge in [-0.15, -0.1) is 0 Å². The number of nitrogens with two attached hydrogens (primary N) is 1. The number of benzene rings is 1. The monoisotopic (exact) mass is 317 g/mol. The highest BCUT2D eigenvalue weighted by atomic mass is 32.2. The number of rotatable bonds is 5. The summed E-state index contributed by atoms with van der Waals surface area (Å²) >= 11 is 0. The van der Waals surface area contributed by atoms with Crippen LogP contribution in [0, 0.1) is 23.5 Å². The van der Waals surface area contributed by atoms with Crippen molar-refractivity contribution in [3.8, 4) is 11.8 Å². The van der Waals surface area contributed by atoms with E-state index in [0.717, 1.165) is 6.07 Å². The van der Waals surface area contributed by atoms with Crippen LogP contribution in [0.25, 0.3) is 0 Å². The van der Waals surface area contributed by atoms with Gasteiger partial charge in [-0.2, -0.15) is 0 Å². The van der Waals surface area contributed by atoms with Crippen molar-refractivity contribution < 1.29 is 17.2 Å². The molecule has 1 rings (SSSR count). The molecule has 0 saturated heterocycles. The number of hydrogen-bond donors (Lipinski definition) is 2. The molecule has 0 radical (unpaired) electrons. The molecule has 0 heterocycles. The van der Waals surface area contributed by atoms with Crippen LogP contribution in [0.3, 0.4) is 0 Å². The predicted molar refractivity (Wildman–Crippen MR) is 76.0 cm³/mol. The van der Waals surface area contributed by atoms with Crippen LogP contribution in [0.4, 0.5) is 8.78 Å². The smallest absolute Gasteiger partial charge is 0.244 e. The van der Waals surface area contributed by atoms with E-state index in [1.807, 2.05) is 0 Å². The van der Waals surface area contributed by atoms with Gasteiger partial charge in [-0.05, 0) is 20.2 Å². The third kappa shape index (κ3) is 5.06. The minimum absolute atomic E-state index is 0.0499. The quantitative estimate of drug-likeness (QED) is 0.756. The molecule has 1 aromatic carbocycles. The van der Waals surface area contributed by atoms with Gasteiger partial charge in [-0.3, -0.25) is 0 Å². The minimum atomic E-state index is -4.13. The molecule has 5 nitrogen and oxygen atoms in total. The van der Waals surface area contributed by atoms with Crippen molar-refractivity contribution in [1.82, 2.24) is 9.62 Å². The van der Waals surface area contributed by atoms with Gasteiger partial charge in [0, 0.05) is 19.2 Å². The third-order valence-corrected chi connectivity index (χ3v) is 3.99. The Bertz CT molecular complexity index is 664. The maximum absolute atomic E-state index is 13.9. The van der Waals surface area contributed by atoms with Crippen molar-refractivity contribution in [1.29, 1.82) is 0 Å². The Balaban J connectivity index is 3.21. The van der Waals surface area contributed by atoms with Crippen molar-refractivity contribution >= 4 is 10.0 Å². The number of nitrogens with one attached hydrogen (secondary N) is 1. The Morgan fingerprint density at radius 2 is 2.00 bits per heavy atom. The SMILES string of the molecule is CN(C)CCNS(=O)(=O)c1c(F)cc(F)cc1C#CCN. The standard InChI is InChI=1S/C13H17F2N3O2S/c1-18(2)7-6-17-21(19,20)13-10(4-3-5-16)8-11(14)9-12(13)15/h8-9,17H,5-7,16H2,1-2H3. The third-order valence-electron chi connectivity index (χ3n) is 2.45. The minimum Gasteiger partial charge on any atom is -0.320 e. The highest BCUT2D eigenvalue weighted by Gasteiger charge is 2.23. The van der Waals surface area contributed by atoms with Gasteiger partial charge in [0.25, 0.3) is 0 Å². The van der Waals surface area contributed by atoms with E-state index in [1.165, 1.54) is 0 Å². The fraction of sp³-hybridized carbons (Fsp3) is 0.385. The van der Waals surface area contributed by atoms with E-state index < -0.39 is 26.6 Å². The van der Waals surface area contributed by atoms with Gasteiger partial charge in [-0.25, -0.2) is 21.9 Å². The van der Waals surface area contributed by atoms with Gasteiger partial charge in [0.05, 0.1) is 12.1 Å². The maximum atomic E-state index is 13.9. The van der Waals surface area contributed by atoms with E-state index >= 15 is 0 Å². The Morgan fingerprint density at radius 1 is 1.33 bits per heavy atom. The molecule has 3 N–H and O–H groups in total. The lowest BCUT2D eigenvalue weighted by Gasteiger charge is -2.12. The summed E-state index contributed by atoms with van der Waals surface area (Å²) in [7, 11) is -0.589. The van der Waals surface area contributed by atoms with Crippen LogP contribution < -0.4 is 10.5 Å². The zero-order valence-corrected chi connectivity index (χ0v) is 12.6. The van der Waals surface area contributed by atoms with E-state index in [0.29, 0.717) is 12.6 Å². The van der Waals surface area contributed by atoms with Crippen LogP contribution in [0.15, 0.2) is 17.0 Å². The van der Waals surface area contributed by atoms with Gasteiger partial charge < -0.3 is 10.6 Å². The van der Waals surface area contributed by atoms with Crippen LogP contribution in [0.1, 0.15) is 5.56 Å². The summed E-state index contributed by atoms with van der Waals surface area (Å²) in [5.74, 6) is 2.68. The van der Waals surface area contributed by atoms with Crippen molar-refractivity contribution in [3.05, 3.63) is 29.3 Å². The molecule has 0 saturated carbocycles. The van der Waals surface area contributed by atoms with E-state index in [1.54, 1.807) is 19.0 Å². The van der Waals surface area contributed by atoms with Gasteiger partial charge in [-0.1, -0.05) is 11.8 Å². The van der Waals surface area contributed by atoms with E-state index in [2.05, 4.69) is 16.6 Å². The summed E-state index contributed by atoms with van der Waals surface area (Å²) in [6.45, 7) is 0.480. The van der Waals surface area contributed by atoms with E-state index in [9.17, 15) is 17.2 Å². The molecule has 0 aliphatic carbocycles. The largest absolute Gasteiger partial charge is 0.320 e. The lowest BCUT2D eigenvalue weighted by molar-refractivity contribution is 0.412. The number of hydrogen-bond acceptors (Lipinski definition) is 4. The molecular formula is C13H17F2N3O2S. The predicted octanol–water partition coefficient (Wildman–Crippen LogP) is 0.115. The molecule has 0 aromatic heterocycles. The van der Waals surface area contributed by atoms with Gasteiger partial charge >= 0.3 is 0 Å². The topological polar surface area (TPSA) is 75.4 Å². The second-order valence-corrected chi connectivity index (χ2v) is 6.18. The highest BCUT2D eigenvalue weighted by Crippen LogP contribution is 2.20. The molecule has 0 unspecified atom stereocenters. The number of nitrogens with zero attached hydrogens (tertiary/aromatic N) is 1. The van der Waals surface area contributed by atoms with Crippen molar-refractivity contribution in [2.75, 3.05) is 33.7 Å². The molecule has 8 heteroatoms. The summed E-state index contributed by atoms with van der Waals surface area (Å²) in [5.41, 5.74) is 4.94. The summed E-state index contributed by atoms with van der Waals surface area (Å²) in [4.78, 5) is 1.10. The van der Waals surface area contributed by atoms with Crippen LogP contribution in [0.2, 0.25) is 0 Å². The van der Waals surface area contributed by atoms with E-state index in [4.69, 9.17) is 5.73 Å².